The summed E-state index contributed by atoms with van der Waals surface area (Å²) in [5.74, 6) is 0.734. The quantitative estimate of drug-likeness (QED) is 0.722. The number of carbonyl (C=O) groups is 1. The standard InChI is InChI=1S/C23H29ClN2O2/c1-23(2,3)28-22(27)26-15-18(13-17-7-5-4-6-8-17)19(16-26)14-25-21-11-9-20(24)10-12-21/h4-12,18-19,25H,13-16H2,1-3H3. The Hall–Kier alpha value is -2.20. The van der Waals surface area contributed by atoms with Crippen molar-refractivity contribution in [1.82, 2.24) is 4.90 Å². The first kappa shape index (κ1) is 20.5. The van der Waals surface area contributed by atoms with Gasteiger partial charge in [-0.25, -0.2) is 4.79 Å². The van der Waals surface area contributed by atoms with Crippen LogP contribution in [0, 0.1) is 11.8 Å². The van der Waals surface area contributed by atoms with Crippen LogP contribution < -0.4 is 5.32 Å². The molecule has 28 heavy (non-hydrogen) atoms. The van der Waals surface area contributed by atoms with Gasteiger partial charge in [0.05, 0.1) is 0 Å². The second-order valence-corrected chi connectivity index (χ2v) is 8.92. The maximum atomic E-state index is 12.6. The van der Waals surface area contributed by atoms with Crippen LogP contribution >= 0.6 is 11.6 Å². The van der Waals surface area contributed by atoms with E-state index in [-0.39, 0.29) is 6.09 Å². The maximum Gasteiger partial charge on any atom is 0.410 e. The van der Waals surface area contributed by atoms with Gasteiger partial charge in [0.2, 0.25) is 0 Å². The Labute approximate surface area is 172 Å². The van der Waals surface area contributed by atoms with Crippen LogP contribution in [0.15, 0.2) is 54.6 Å². The molecule has 4 nitrogen and oxygen atoms in total. The third-order valence-electron chi connectivity index (χ3n) is 4.98. The number of nitrogens with one attached hydrogen (secondary N) is 1. The number of halogens is 1. The number of carbonyl (C=O) groups excluding carboxylic acids is 1. The maximum absolute atomic E-state index is 12.6. The zero-order chi connectivity index (χ0) is 20.1. The molecule has 0 radical (unpaired) electrons. The lowest BCUT2D eigenvalue weighted by atomic mass is 9.89. The molecule has 0 saturated carbocycles. The summed E-state index contributed by atoms with van der Waals surface area (Å²) in [7, 11) is 0. The molecule has 1 fully saturated rings. The van der Waals surface area contributed by atoms with E-state index in [1.54, 1.807) is 0 Å². The molecule has 0 bridgehead atoms. The van der Waals surface area contributed by atoms with Crippen LogP contribution in [0.1, 0.15) is 26.3 Å². The minimum atomic E-state index is -0.481. The second-order valence-electron chi connectivity index (χ2n) is 8.48. The van der Waals surface area contributed by atoms with Gasteiger partial charge in [0, 0.05) is 30.3 Å². The minimum absolute atomic E-state index is 0.223. The number of amides is 1. The van der Waals surface area contributed by atoms with E-state index in [2.05, 4.69) is 29.6 Å². The highest BCUT2D eigenvalue weighted by atomic mass is 35.5. The molecule has 5 heteroatoms. The molecule has 2 aromatic carbocycles. The van der Waals surface area contributed by atoms with Crippen LogP contribution in [0.25, 0.3) is 0 Å². The van der Waals surface area contributed by atoms with Crippen LogP contribution in [0.2, 0.25) is 5.02 Å². The third kappa shape index (κ3) is 5.90. The Morgan fingerprint density at radius 2 is 1.71 bits per heavy atom. The lowest BCUT2D eigenvalue weighted by Gasteiger charge is -2.24. The Balaban J connectivity index is 1.67. The van der Waals surface area contributed by atoms with E-state index in [1.165, 1.54) is 5.56 Å². The fraction of sp³-hybridized carbons (Fsp3) is 0.435. The topological polar surface area (TPSA) is 41.6 Å². The van der Waals surface area contributed by atoms with Gasteiger partial charge in [-0.3, -0.25) is 0 Å². The van der Waals surface area contributed by atoms with Crippen molar-refractivity contribution in [3.05, 3.63) is 65.2 Å². The van der Waals surface area contributed by atoms with E-state index in [1.807, 2.05) is 56.0 Å². The van der Waals surface area contributed by atoms with Crippen LogP contribution in [0.3, 0.4) is 0 Å². The number of nitrogens with zero attached hydrogens (tertiary/aromatic N) is 1. The smallest absolute Gasteiger partial charge is 0.410 e. The van der Waals surface area contributed by atoms with Crippen molar-refractivity contribution in [2.45, 2.75) is 32.8 Å². The average Bonchev–Trinajstić information content (AvgIpc) is 3.04. The molecule has 1 aliphatic heterocycles. The molecule has 1 aliphatic rings. The van der Waals surface area contributed by atoms with Gasteiger partial charge in [0.1, 0.15) is 5.60 Å². The highest BCUT2D eigenvalue weighted by Gasteiger charge is 2.36. The summed E-state index contributed by atoms with van der Waals surface area (Å²) in [5, 5.41) is 4.23. The van der Waals surface area contributed by atoms with Crippen molar-refractivity contribution in [2.24, 2.45) is 11.8 Å². The zero-order valence-corrected chi connectivity index (χ0v) is 17.6. The van der Waals surface area contributed by atoms with Crippen molar-refractivity contribution in [3.63, 3.8) is 0 Å². The molecule has 2 atom stereocenters. The monoisotopic (exact) mass is 400 g/mol. The zero-order valence-electron chi connectivity index (χ0n) is 16.8. The fourth-order valence-electron chi connectivity index (χ4n) is 3.61. The second kappa shape index (κ2) is 8.87. The first-order chi connectivity index (χ1) is 13.3. The lowest BCUT2D eigenvalue weighted by Crippen LogP contribution is -2.35. The molecule has 0 spiro atoms. The van der Waals surface area contributed by atoms with Gasteiger partial charge in [-0.05, 0) is 68.9 Å². The van der Waals surface area contributed by atoms with E-state index < -0.39 is 5.60 Å². The molecule has 1 amide bonds. The number of hydrogen-bond acceptors (Lipinski definition) is 3. The molecule has 1 N–H and O–H groups in total. The molecular weight excluding hydrogens is 372 g/mol. The lowest BCUT2D eigenvalue weighted by molar-refractivity contribution is 0.0284. The van der Waals surface area contributed by atoms with Crippen molar-refractivity contribution in [1.29, 1.82) is 0 Å². The van der Waals surface area contributed by atoms with E-state index in [0.29, 0.717) is 18.4 Å². The number of rotatable bonds is 5. The molecule has 0 aromatic heterocycles. The average molecular weight is 401 g/mol. The van der Waals surface area contributed by atoms with E-state index in [0.717, 1.165) is 30.2 Å². The summed E-state index contributed by atoms with van der Waals surface area (Å²) >= 11 is 5.97. The first-order valence-corrected chi connectivity index (χ1v) is 10.2. The molecule has 2 aromatic rings. The number of hydrogen-bond donors (Lipinski definition) is 1. The summed E-state index contributed by atoms with van der Waals surface area (Å²) in [6.07, 6.45) is 0.729. The normalized spacial score (nSPS) is 19.5. The third-order valence-corrected chi connectivity index (χ3v) is 5.23. The van der Waals surface area contributed by atoms with E-state index >= 15 is 0 Å². The molecule has 2 unspecified atom stereocenters. The number of likely N-dealkylation sites (tertiary alicyclic amines) is 1. The number of anilines is 1. The summed E-state index contributed by atoms with van der Waals surface area (Å²) in [6.45, 7) is 7.94. The van der Waals surface area contributed by atoms with Gasteiger partial charge >= 0.3 is 6.09 Å². The first-order valence-electron chi connectivity index (χ1n) is 9.81. The van der Waals surface area contributed by atoms with Crippen LogP contribution in [-0.4, -0.2) is 36.2 Å². The highest BCUT2D eigenvalue weighted by Crippen LogP contribution is 2.29. The van der Waals surface area contributed by atoms with Crippen molar-refractivity contribution >= 4 is 23.4 Å². The minimum Gasteiger partial charge on any atom is -0.444 e. The van der Waals surface area contributed by atoms with Crippen LogP contribution in [0.5, 0.6) is 0 Å². The van der Waals surface area contributed by atoms with Crippen molar-refractivity contribution in [2.75, 3.05) is 25.0 Å². The molecule has 3 rings (SSSR count). The SMILES string of the molecule is CC(C)(C)OC(=O)N1CC(CNc2ccc(Cl)cc2)C(Cc2ccccc2)C1. The van der Waals surface area contributed by atoms with Crippen LogP contribution in [-0.2, 0) is 11.2 Å². The van der Waals surface area contributed by atoms with Gasteiger partial charge in [-0.2, -0.15) is 0 Å². The van der Waals surface area contributed by atoms with Gasteiger partial charge in [-0.1, -0.05) is 41.9 Å². The molecular formula is C23H29ClN2O2. The van der Waals surface area contributed by atoms with Gasteiger partial charge in [-0.15, -0.1) is 0 Å². The molecule has 1 heterocycles. The van der Waals surface area contributed by atoms with Gasteiger partial charge in [0.25, 0.3) is 0 Å². The Bertz CT molecular complexity index is 771. The summed E-state index contributed by atoms with van der Waals surface area (Å²) in [5.41, 5.74) is 1.86. The Morgan fingerprint density at radius 3 is 2.36 bits per heavy atom. The largest absolute Gasteiger partial charge is 0.444 e. The Kier molecular flexibility index (Phi) is 6.50. The van der Waals surface area contributed by atoms with Gasteiger partial charge < -0.3 is 15.0 Å². The van der Waals surface area contributed by atoms with Gasteiger partial charge in [0.15, 0.2) is 0 Å². The predicted molar refractivity (Wildman–Crippen MR) is 115 cm³/mol. The van der Waals surface area contributed by atoms with E-state index in [4.69, 9.17) is 16.3 Å². The summed E-state index contributed by atoms with van der Waals surface area (Å²) in [6, 6.07) is 18.2. The highest BCUT2D eigenvalue weighted by molar-refractivity contribution is 6.30. The molecule has 0 aliphatic carbocycles. The Morgan fingerprint density at radius 1 is 1.07 bits per heavy atom. The molecule has 150 valence electrons. The van der Waals surface area contributed by atoms with E-state index in [9.17, 15) is 4.79 Å². The van der Waals surface area contributed by atoms with Crippen molar-refractivity contribution in [3.8, 4) is 0 Å². The summed E-state index contributed by atoms with van der Waals surface area (Å²) in [4.78, 5) is 14.4. The number of ether oxygens (including phenoxy) is 1. The number of benzene rings is 2. The summed E-state index contributed by atoms with van der Waals surface area (Å²) < 4.78 is 5.60. The van der Waals surface area contributed by atoms with Crippen molar-refractivity contribution < 1.29 is 9.53 Å². The van der Waals surface area contributed by atoms with Crippen LogP contribution in [0.4, 0.5) is 10.5 Å². The molecule has 1 saturated heterocycles. The predicted octanol–water partition coefficient (Wildman–Crippen LogP) is 5.48. The fourth-order valence-corrected chi connectivity index (χ4v) is 3.74.